The largest absolute Gasteiger partial charge is 0.355 e. The summed E-state index contributed by atoms with van der Waals surface area (Å²) in [5.41, 5.74) is 1.90. The number of rotatable bonds is 9. The maximum atomic E-state index is 13.1. The highest BCUT2D eigenvalue weighted by Gasteiger charge is 2.28. The highest BCUT2D eigenvalue weighted by molar-refractivity contribution is 6.42. The SMILES string of the molecule is CCNC(=O)[C@@H](CC)N(CCc1ccccc1)C(=O)Cc1ccc(Cl)c(Cl)c1. The number of hydrogen-bond acceptors (Lipinski definition) is 2. The molecular formula is C22H26Cl2N2O2. The van der Waals surface area contributed by atoms with Crippen LogP contribution in [0.25, 0.3) is 0 Å². The fraction of sp³-hybridized carbons (Fsp3) is 0.364. The van der Waals surface area contributed by atoms with Crippen LogP contribution in [0, 0.1) is 0 Å². The Bertz CT molecular complexity index is 796. The molecule has 6 heteroatoms. The zero-order valence-electron chi connectivity index (χ0n) is 16.3. The van der Waals surface area contributed by atoms with E-state index in [0.717, 1.165) is 11.1 Å². The van der Waals surface area contributed by atoms with Gasteiger partial charge in [0.15, 0.2) is 0 Å². The molecule has 0 bridgehead atoms. The van der Waals surface area contributed by atoms with Crippen LogP contribution in [0.1, 0.15) is 31.4 Å². The highest BCUT2D eigenvalue weighted by Crippen LogP contribution is 2.23. The molecule has 0 saturated carbocycles. The monoisotopic (exact) mass is 420 g/mol. The van der Waals surface area contributed by atoms with Gasteiger partial charge in [-0.1, -0.05) is 66.5 Å². The number of nitrogens with one attached hydrogen (secondary N) is 1. The summed E-state index contributed by atoms with van der Waals surface area (Å²) < 4.78 is 0. The van der Waals surface area contributed by atoms with E-state index in [4.69, 9.17) is 23.2 Å². The molecule has 0 saturated heterocycles. The van der Waals surface area contributed by atoms with Gasteiger partial charge in [-0.05, 0) is 43.0 Å². The van der Waals surface area contributed by atoms with Gasteiger partial charge >= 0.3 is 0 Å². The minimum Gasteiger partial charge on any atom is -0.355 e. The lowest BCUT2D eigenvalue weighted by atomic mass is 10.1. The van der Waals surface area contributed by atoms with Crippen LogP contribution >= 0.6 is 23.2 Å². The lowest BCUT2D eigenvalue weighted by Crippen LogP contribution is -2.50. The van der Waals surface area contributed by atoms with Crippen molar-refractivity contribution in [1.82, 2.24) is 10.2 Å². The molecular weight excluding hydrogens is 395 g/mol. The molecule has 0 spiro atoms. The van der Waals surface area contributed by atoms with Gasteiger partial charge in [0.05, 0.1) is 16.5 Å². The van der Waals surface area contributed by atoms with Crippen molar-refractivity contribution in [2.24, 2.45) is 0 Å². The number of likely N-dealkylation sites (N-methyl/N-ethyl adjacent to an activating group) is 1. The van der Waals surface area contributed by atoms with Crippen LogP contribution in [0.3, 0.4) is 0 Å². The first kappa shape index (κ1) is 22.3. The molecule has 0 aromatic heterocycles. The van der Waals surface area contributed by atoms with Gasteiger partial charge in [-0.2, -0.15) is 0 Å². The Hall–Kier alpha value is -2.04. The van der Waals surface area contributed by atoms with Crippen molar-refractivity contribution in [3.63, 3.8) is 0 Å². The van der Waals surface area contributed by atoms with E-state index in [1.54, 1.807) is 23.1 Å². The third-order valence-electron chi connectivity index (χ3n) is 4.56. The van der Waals surface area contributed by atoms with Crippen LogP contribution < -0.4 is 5.32 Å². The van der Waals surface area contributed by atoms with Crippen molar-refractivity contribution < 1.29 is 9.59 Å². The lowest BCUT2D eigenvalue weighted by molar-refractivity contribution is -0.140. The van der Waals surface area contributed by atoms with Gasteiger partial charge in [0.25, 0.3) is 0 Å². The van der Waals surface area contributed by atoms with E-state index >= 15 is 0 Å². The summed E-state index contributed by atoms with van der Waals surface area (Å²) in [5.74, 6) is -0.229. The maximum absolute atomic E-state index is 13.1. The van der Waals surface area contributed by atoms with Crippen molar-refractivity contribution in [2.75, 3.05) is 13.1 Å². The first-order valence-corrected chi connectivity index (χ1v) is 10.3. The van der Waals surface area contributed by atoms with Crippen molar-refractivity contribution >= 4 is 35.0 Å². The van der Waals surface area contributed by atoms with Gasteiger partial charge in [0.1, 0.15) is 6.04 Å². The fourth-order valence-electron chi connectivity index (χ4n) is 3.11. The summed E-state index contributed by atoms with van der Waals surface area (Å²) in [7, 11) is 0. The predicted octanol–water partition coefficient (Wildman–Crippen LogP) is 4.52. The van der Waals surface area contributed by atoms with Gasteiger partial charge in [0.2, 0.25) is 11.8 Å². The molecule has 0 aliphatic rings. The topological polar surface area (TPSA) is 49.4 Å². The zero-order valence-corrected chi connectivity index (χ0v) is 17.8. The Kier molecular flexibility index (Phi) is 8.81. The number of halogens is 2. The van der Waals surface area contributed by atoms with E-state index in [0.29, 0.717) is 36.0 Å². The molecule has 1 N–H and O–H groups in total. The second kappa shape index (κ2) is 11.1. The van der Waals surface area contributed by atoms with Gasteiger partial charge < -0.3 is 10.2 Å². The summed E-state index contributed by atoms with van der Waals surface area (Å²) in [6, 6.07) is 14.6. The van der Waals surface area contributed by atoms with E-state index in [-0.39, 0.29) is 18.2 Å². The summed E-state index contributed by atoms with van der Waals surface area (Å²) >= 11 is 12.0. The lowest BCUT2D eigenvalue weighted by Gasteiger charge is -2.30. The molecule has 0 radical (unpaired) electrons. The van der Waals surface area contributed by atoms with Crippen molar-refractivity contribution in [1.29, 1.82) is 0 Å². The molecule has 2 aromatic rings. The number of nitrogens with zero attached hydrogens (tertiary/aromatic N) is 1. The van der Waals surface area contributed by atoms with Crippen LogP contribution in [-0.2, 0) is 22.4 Å². The van der Waals surface area contributed by atoms with Gasteiger partial charge in [-0.15, -0.1) is 0 Å². The van der Waals surface area contributed by atoms with Crippen molar-refractivity contribution in [2.45, 2.75) is 39.2 Å². The number of hydrogen-bond donors (Lipinski definition) is 1. The summed E-state index contributed by atoms with van der Waals surface area (Å²) in [6.07, 6.45) is 1.40. The van der Waals surface area contributed by atoms with E-state index < -0.39 is 6.04 Å². The smallest absolute Gasteiger partial charge is 0.242 e. The molecule has 2 rings (SSSR count). The van der Waals surface area contributed by atoms with Gasteiger partial charge in [-0.3, -0.25) is 9.59 Å². The Balaban J connectivity index is 2.20. The second-order valence-electron chi connectivity index (χ2n) is 6.57. The number of carbonyl (C=O) groups excluding carboxylic acids is 2. The van der Waals surface area contributed by atoms with Crippen LogP contribution in [0.5, 0.6) is 0 Å². The van der Waals surface area contributed by atoms with Gasteiger partial charge in [0, 0.05) is 13.1 Å². The fourth-order valence-corrected chi connectivity index (χ4v) is 3.43. The molecule has 2 aromatic carbocycles. The number of benzene rings is 2. The number of amides is 2. The molecule has 4 nitrogen and oxygen atoms in total. The molecule has 28 heavy (non-hydrogen) atoms. The molecule has 0 aliphatic carbocycles. The third-order valence-corrected chi connectivity index (χ3v) is 5.30. The molecule has 1 atom stereocenters. The zero-order chi connectivity index (χ0) is 20.5. The van der Waals surface area contributed by atoms with Crippen molar-refractivity contribution in [3.8, 4) is 0 Å². The second-order valence-corrected chi connectivity index (χ2v) is 7.38. The summed E-state index contributed by atoms with van der Waals surface area (Å²) in [6.45, 7) is 4.79. The molecule has 0 fully saturated rings. The normalized spacial score (nSPS) is 11.7. The molecule has 0 unspecified atom stereocenters. The minimum atomic E-state index is -0.501. The van der Waals surface area contributed by atoms with E-state index in [9.17, 15) is 9.59 Å². The molecule has 2 amide bonds. The van der Waals surface area contributed by atoms with E-state index in [2.05, 4.69) is 5.32 Å². The average molecular weight is 421 g/mol. The van der Waals surface area contributed by atoms with Crippen LogP contribution in [0.2, 0.25) is 10.0 Å². The quantitative estimate of drug-likeness (QED) is 0.647. The van der Waals surface area contributed by atoms with Crippen molar-refractivity contribution in [3.05, 3.63) is 69.7 Å². The summed E-state index contributed by atoms with van der Waals surface area (Å²) in [4.78, 5) is 27.3. The Morgan fingerprint density at radius 2 is 1.71 bits per heavy atom. The standard InChI is InChI=1S/C22H26Cl2N2O2/c1-3-20(22(28)25-4-2)26(13-12-16-8-6-5-7-9-16)21(27)15-17-10-11-18(23)19(24)14-17/h5-11,14,20H,3-4,12-13,15H2,1-2H3,(H,25,28)/t20-/m1/s1. The van der Waals surface area contributed by atoms with Crippen LogP contribution in [0.4, 0.5) is 0 Å². The Labute approximate surface area is 176 Å². The number of carbonyl (C=O) groups is 2. The maximum Gasteiger partial charge on any atom is 0.242 e. The van der Waals surface area contributed by atoms with Crippen LogP contribution in [0.15, 0.2) is 48.5 Å². The third kappa shape index (κ3) is 6.25. The Morgan fingerprint density at radius 1 is 1.00 bits per heavy atom. The summed E-state index contributed by atoms with van der Waals surface area (Å²) in [5, 5.41) is 3.71. The molecule has 0 aliphatic heterocycles. The Morgan fingerprint density at radius 3 is 2.32 bits per heavy atom. The average Bonchev–Trinajstić information content (AvgIpc) is 2.68. The predicted molar refractivity (Wildman–Crippen MR) is 115 cm³/mol. The highest BCUT2D eigenvalue weighted by atomic mass is 35.5. The minimum absolute atomic E-state index is 0.104. The van der Waals surface area contributed by atoms with Crippen LogP contribution in [-0.4, -0.2) is 35.8 Å². The van der Waals surface area contributed by atoms with Gasteiger partial charge in [-0.25, -0.2) is 0 Å². The van der Waals surface area contributed by atoms with E-state index in [1.165, 1.54) is 0 Å². The first-order chi connectivity index (χ1) is 13.5. The first-order valence-electron chi connectivity index (χ1n) is 9.51. The van der Waals surface area contributed by atoms with E-state index in [1.807, 2.05) is 44.2 Å². The molecule has 150 valence electrons. The molecule has 0 heterocycles.